The first kappa shape index (κ1) is 25.7. The van der Waals surface area contributed by atoms with Gasteiger partial charge in [0, 0.05) is 55.5 Å². The van der Waals surface area contributed by atoms with Gasteiger partial charge >= 0.3 is 23.9 Å². The Morgan fingerprint density at radius 2 is 1.34 bits per heavy atom. The van der Waals surface area contributed by atoms with Gasteiger partial charge in [0.15, 0.2) is 5.60 Å². The maximum Gasteiger partial charge on any atom is 0.364 e. The minimum absolute atomic E-state index is 0.0948. The van der Waals surface area contributed by atoms with Crippen molar-refractivity contribution in [2.24, 2.45) is 0 Å². The summed E-state index contributed by atoms with van der Waals surface area (Å²) in [5.74, 6) is -3.80. The molecule has 12 heteroatoms. The molecule has 0 bridgehead atoms. The second-order valence-electron chi connectivity index (χ2n) is 9.36. The van der Waals surface area contributed by atoms with Gasteiger partial charge in [-0.05, 0) is 30.3 Å². The summed E-state index contributed by atoms with van der Waals surface area (Å²) in [5.41, 5.74) is -1.05. The van der Waals surface area contributed by atoms with Crippen LogP contribution in [0.15, 0.2) is 54.6 Å². The Bertz CT molecular complexity index is 1640. The highest BCUT2D eigenvalue weighted by atomic mass is 16.7. The molecule has 0 atom stereocenters. The zero-order valence-electron chi connectivity index (χ0n) is 21.5. The van der Waals surface area contributed by atoms with E-state index in [1.165, 1.54) is 50.2 Å². The summed E-state index contributed by atoms with van der Waals surface area (Å²) >= 11 is 0. The number of hydrogen-bond acceptors (Lipinski definition) is 11. The van der Waals surface area contributed by atoms with Crippen LogP contribution in [0.3, 0.4) is 0 Å². The summed E-state index contributed by atoms with van der Waals surface area (Å²) in [4.78, 5) is 78.9. The minimum atomic E-state index is -1.64. The average Bonchev–Trinajstić information content (AvgIpc) is 3.39. The van der Waals surface area contributed by atoms with E-state index in [0.717, 1.165) is 0 Å². The summed E-state index contributed by atoms with van der Waals surface area (Å²) in [7, 11) is 0. The first-order valence-corrected chi connectivity index (χ1v) is 12.4. The number of hydrogen-bond donors (Lipinski definition) is 0. The number of carbonyl (C=O) groups is 6. The van der Waals surface area contributed by atoms with Crippen LogP contribution >= 0.6 is 0 Å². The number of amides is 2. The Morgan fingerprint density at radius 3 is 1.88 bits per heavy atom. The van der Waals surface area contributed by atoms with Crippen LogP contribution in [0.2, 0.25) is 0 Å². The summed E-state index contributed by atoms with van der Waals surface area (Å²) in [6.45, 7) is 2.47. The molecule has 1 spiro atoms. The topological polar surface area (TPSA) is 152 Å². The van der Waals surface area contributed by atoms with Gasteiger partial charge in [-0.25, -0.2) is 9.59 Å². The molecule has 3 aliphatic heterocycles. The third-order valence-electron chi connectivity index (χ3n) is 6.70. The maximum absolute atomic E-state index is 13.5. The van der Waals surface area contributed by atoms with Crippen molar-refractivity contribution in [3.05, 3.63) is 82.4 Å². The normalized spacial score (nSPS) is 15.9. The molecule has 1 fully saturated rings. The number of fused-ring (bicyclic) bond motifs is 6. The molecule has 0 unspecified atom stereocenters. The monoisotopic (exact) mass is 557 g/mol. The molecule has 0 N–H and O–H groups in total. The number of benzene rings is 3. The van der Waals surface area contributed by atoms with Crippen molar-refractivity contribution in [1.29, 1.82) is 0 Å². The third kappa shape index (κ3) is 4.07. The second kappa shape index (κ2) is 9.30. The van der Waals surface area contributed by atoms with Crippen LogP contribution in [0.1, 0.15) is 64.1 Å². The first-order valence-electron chi connectivity index (χ1n) is 12.4. The van der Waals surface area contributed by atoms with Gasteiger partial charge in [0.05, 0.1) is 11.1 Å². The average molecular weight is 557 g/mol. The van der Waals surface area contributed by atoms with Crippen LogP contribution in [0.5, 0.6) is 23.0 Å². The van der Waals surface area contributed by atoms with Gasteiger partial charge in [-0.1, -0.05) is 12.1 Å². The van der Waals surface area contributed by atoms with Crippen LogP contribution in [0.25, 0.3) is 0 Å². The van der Waals surface area contributed by atoms with E-state index in [4.69, 9.17) is 23.8 Å². The van der Waals surface area contributed by atoms with E-state index in [-0.39, 0.29) is 52.5 Å². The van der Waals surface area contributed by atoms with E-state index in [1.807, 2.05) is 0 Å². The summed E-state index contributed by atoms with van der Waals surface area (Å²) in [6, 6.07) is 13.4. The predicted octanol–water partition coefficient (Wildman–Crippen LogP) is 3.33. The standard InChI is InChI=1S/C29H19NO11/c1-14(31)37-16-6-8-19-22(12-16)39-23-13-17(38-15(2)32)7-9-20(23)29(19)21-5-3-4-18(26(21)28(36)40-29)27(35)41-30-24(33)10-11-25(30)34/h3-9,12-13H,10-11H2,1-2H3. The van der Waals surface area contributed by atoms with Crippen molar-refractivity contribution in [3.63, 3.8) is 0 Å². The molecule has 0 radical (unpaired) electrons. The SMILES string of the molecule is CC(=O)Oc1ccc2c(c1)Oc1cc(OC(C)=O)ccc1C21OC(=O)c2c(C(=O)ON3C(=O)CCC3=O)cccc21. The van der Waals surface area contributed by atoms with E-state index in [2.05, 4.69) is 0 Å². The second-order valence-corrected chi connectivity index (χ2v) is 9.36. The van der Waals surface area contributed by atoms with Crippen molar-refractivity contribution in [3.8, 4) is 23.0 Å². The van der Waals surface area contributed by atoms with Crippen molar-refractivity contribution in [2.75, 3.05) is 0 Å². The Labute approximate surface area is 231 Å². The molecule has 3 aromatic carbocycles. The van der Waals surface area contributed by atoms with Crippen molar-refractivity contribution in [2.45, 2.75) is 32.3 Å². The lowest BCUT2D eigenvalue weighted by molar-refractivity contribution is -0.172. The molecular weight excluding hydrogens is 538 g/mol. The molecule has 2 amide bonds. The van der Waals surface area contributed by atoms with E-state index in [0.29, 0.717) is 16.2 Å². The van der Waals surface area contributed by atoms with E-state index in [1.54, 1.807) is 18.2 Å². The number of rotatable bonds is 4. The lowest BCUT2D eigenvalue weighted by Gasteiger charge is -2.36. The minimum Gasteiger partial charge on any atom is -0.456 e. The van der Waals surface area contributed by atoms with Crippen molar-refractivity contribution < 1.29 is 52.6 Å². The van der Waals surface area contributed by atoms with Crippen LogP contribution in [-0.4, -0.2) is 40.8 Å². The lowest BCUT2D eigenvalue weighted by atomic mass is 9.77. The molecular formula is C29H19NO11. The highest BCUT2D eigenvalue weighted by Gasteiger charge is 2.55. The molecule has 6 rings (SSSR count). The number of esters is 3. The molecule has 12 nitrogen and oxygen atoms in total. The third-order valence-corrected chi connectivity index (χ3v) is 6.70. The fraction of sp³-hybridized carbons (Fsp3) is 0.172. The smallest absolute Gasteiger partial charge is 0.364 e. The molecule has 0 saturated carbocycles. The number of hydroxylamine groups is 2. The van der Waals surface area contributed by atoms with E-state index < -0.39 is 41.3 Å². The highest BCUT2D eigenvalue weighted by molar-refractivity contribution is 6.08. The summed E-state index contributed by atoms with van der Waals surface area (Å²) in [5, 5.41) is 0.393. The van der Waals surface area contributed by atoms with Crippen molar-refractivity contribution >= 4 is 35.7 Å². The van der Waals surface area contributed by atoms with Crippen LogP contribution in [0, 0.1) is 0 Å². The fourth-order valence-electron chi connectivity index (χ4n) is 5.15. The van der Waals surface area contributed by atoms with Gasteiger partial charge in [0.25, 0.3) is 11.8 Å². The molecule has 41 heavy (non-hydrogen) atoms. The fourth-order valence-corrected chi connectivity index (χ4v) is 5.15. The molecule has 3 heterocycles. The molecule has 3 aromatic rings. The van der Waals surface area contributed by atoms with Gasteiger partial charge in [-0.15, -0.1) is 5.06 Å². The summed E-state index contributed by atoms with van der Waals surface area (Å²) < 4.78 is 22.6. The first-order chi connectivity index (χ1) is 19.6. The van der Waals surface area contributed by atoms with Gasteiger partial charge < -0.3 is 23.8 Å². The van der Waals surface area contributed by atoms with Crippen molar-refractivity contribution in [1.82, 2.24) is 5.06 Å². The van der Waals surface area contributed by atoms with Gasteiger partial charge in [0.2, 0.25) is 0 Å². The zero-order chi connectivity index (χ0) is 29.1. The zero-order valence-corrected chi connectivity index (χ0v) is 21.5. The van der Waals surface area contributed by atoms with E-state index >= 15 is 0 Å². The highest BCUT2D eigenvalue weighted by Crippen LogP contribution is 2.57. The molecule has 0 aliphatic carbocycles. The summed E-state index contributed by atoms with van der Waals surface area (Å²) in [6.07, 6.45) is -0.190. The Morgan fingerprint density at radius 1 is 0.780 bits per heavy atom. The van der Waals surface area contributed by atoms with Crippen LogP contribution in [-0.2, 0) is 34.4 Å². The van der Waals surface area contributed by atoms with Gasteiger partial charge in [0.1, 0.15) is 23.0 Å². The Kier molecular flexibility index (Phi) is 5.84. The molecule has 0 aromatic heterocycles. The van der Waals surface area contributed by atoms with Gasteiger partial charge in [-0.2, -0.15) is 0 Å². The Balaban J connectivity index is 1.53. The molecule has 3 aliphatic rings. The van der Waals surface area contributed by atoms with Crippen LogP contribution < -0.4 is 14.2 Å². The maximum atomic E-state index is 13.5. The largest absolute Gasteiger partial charge is 0.456 e. The quantitative estimate of drug-likeness (QED) is 0.264. The van der Waals surface area contributed by atoms with E-state index in [9.17, 15) is 28.8 Å². The lowest BCUT2D eigenvalue weighted by Crippen LogP contribution is -2.33. The number of nitrogens with zero attached hydrogens (tertiary/aromatic N) is 1. The molecule has 206 valence electrons. The van der Waals surface area contributed by atoms with Crippen LogP contribution in [0.4, 0.5) is 0 Å². The Hall–Kier alpha value is -5.52. The van der Waals surface area contributed by atoms with Gasteiger partial charge in [-0.3, -0.25) is 19.2 Å². The number of carbonyl (C=O) groups excluding carboxylic acids is 6. The number of ether oxygens (including phenoxy) is 4. The molecule has 1 saturated heterocycles. The number of imide groups is 1. The predicted molar refractivity (Wildman–Crippen MR) is 134 cm³/mol.